The summed E-state index contributed by atoms with van der Waals surface area (Å²) in [4.78, 5) is 18.1. The molecule has 1 amide bonds. The predicted molar refractivity (Wildman–Crippen MR) is 126 cm³/mol. The van der Waals surface area contributed by atoms with E-state index in [-0.39, 0.29) is 29.9 Å². The minimum atomic E-state index is 0. The van der Waals surface area contributed by atoms with Crippen LogP contribution in [-0.2, 0) is 11.3 Å². The molecule has 0 radical (unpaired) electrons. The van der Waals surface area contributed by atoms with Gasteiger partial charge in [0.05, 0.1) is 6.54 Å². The smallest absolute Gasteiger partial charge is 0.233 e. The third-order valence-electron chi connectivity index (χ3n) is 5.12. The van der Waals surface area contributed by atoms with Crippen molar-refractivity contribution < 1.29 is 4.79 Å². The van der Waals surface area contributed by atoms with E-state index in [0.717, 1.165) is 38.4 Å². The highest BCUT2D eigenvalue weighted by Gasteiger charge is 2.21. The summed E-state index contributed by atoms with van der Waals surface area (Å²) < 4.78 is 0. The topological polar surface area (TPSA) is 68.8 Å². The Morgan fingerprint density at radius 2 is 1.86 bits per heavy atom. The predicted octanol–water partition coefficient (Wildman–Crippen LogP) is 2.33. The van der Waals surface area contributed by atoms with Gasteiger partial charge in [-0.2, -0.15) is 0 Å². The largest absolute Gasteiger partial charge is 0.358 e. The van der Waals surface area contributed by atoms with Gasteiger partial charge in [0, 0.05) is 39.8 Å². The van der Waals surface area contributed by atoms with Gasteiger partial charge in [-0.3, -0.25) is 14.7 Å². The number of hydrogen-bond donors (Lipinski definition) is 3. The highest BCUT2D eigenvalue weighted by atomic mass is 127. The van der Waals surface area contributed by atoms with Crippen LogP contribution in [0.2, 0.25) is 0 Å². The van der Waals surface area contributed by atoms with Crippen molar-refractivity contribution >= 4 is 46.6 Å². The van der Waals surface area contributed by atoms with Gasteiger partial charge >= 0.3 is 0 Å². The fourth-order valence-corrected chi connectivity index (χ4v) is 3.53. The zero-order valence-electron chi connectivity index (χ0n) is 16.6. The molecule has 1 saturated heterocycles. The maximum atomic E-state index is 11.5. The van der Waals surface area contributed by atoms with Crippen LogP contribution in [0.5, 0.6) is 0 Å². The number of hydrogen-bond acceptors (Lipinski definition) is 3. The molecule has 1 heterocycles. The standard InChI is InChI=1S/C21H29N5O.HI/c1-22-20(27)15-26-12-10-18(11-13-26)25-21(23-2)24-14-17-8-5-7-16-6-3-4-9-19(16)17;/h3-9,18H,10-15H2,1-2H3,(H,22,27)(H2,23,24,25);1H. The van der Waals surface area contributed by atoms with E-state index in [1.54, 1.807) is 14.1 Å². The third kappa shape index (κ3) is 6.07. The van der Waals surface area contributed by atoms with Crippen LogP contribution < -0.4 is 16.0 Å². The van der Waals surface area contributed by atoms with E-state index in [4.69, 9.17) is 0 Å². The first-order valence-electron chi connectivity index (χ1n) is 9.56. The van der Waals surface area contributed by atoms with Crippen molar-refractivity contribution in [2.24, 2.45) is 4.99 Å². The lowest BCUT2D eigenvalue weighted by atomic mass is 10.0. The molecule has 0 aliphatic carbocycles. The second kappa shape index (κ2) is 11.2. The van der Waals surface area contributed by atoms with Crippen LogP contribution in [0.4, 0.5) is 0 Å². The van der Waals surface area contributed by atoms with E-state index in [1.165, 1.54) is 16.3 Å². The summed E-state index contributed by atoms with van der Waals surface area (Å²) in [7, 11) is 3.49. The Morgan fingerprint density at radius 1 is 1.14 bits per heavy atom. The Kier molecular flexibility index (Phi) is 8.98. The lowest BCUT2D eigenvalue weighted by Crippen LogP contribution is -2.49. The minimum Gasteiger partial charge on any atom is -0.358 e. The number of carbonyl (C=O) groups is 1. The monoisotopic (exact) mass is 495 g/mol. The molecule has 0 spiro atoms. The van der Waals surface area contributed by atoms with E-state index < -0.39 is 0 Å². The maximum absolute atomic E-state index is 11.5. The molecule has 0 saturated carbocycles. The van der Waals surface area contributed by atoms with Gasteiger partial charge in [0.25, 0.3) is 0 Å². The lowest BCUT2D eigenvalue weighted by Gasteiger charge is -2.32. The van der Waals surface area contributed by atoms with Crippen molar-refractivity contribution in [3.8, 4) is 0 Å². The highest BCUT2D eigenvalue weighted by molar-refractivity contribution is 14.0. The van der Waals surface area contributed by atoms with Gasteiger partial charge in [0.1, 0.15) is 0 Å². The van der Waals surface area contributed by atoms with Crippen LogP contribution in [-0.4, -0.2) is 56.5 Å². The van der Waals surface area contributed by atoms with Gasteiger partial charge in [0.15, 0.2) is 5.96 Å². The van der Waals surface area contributed by atoms with Crippen molar-refractivity contribution in [3.05, 3.63) is 48.0 Å². The number of carbonyl (C=O) groups excluding carboxylic acids is 1. The normalized spacial score (nSPS) is 15.7. The van der Waals surface area contributed by atoms with E-state index in [2.05, 4.69) is 68.3 Å². The summed E-state index contributed by atoms with van der Waals surface area (Å²) in [6.45, 7) is 3.06. The second-order valence-electron chi connectivity index (χ2n) is 6.93. The van der Waals surface area contributed by atoms with Crippen molar-refractivity contribution in [1.82, 2.24) is 20.9 Å². The third-order valence-corrected chi connectivity index (χ3v) is 5.12. The van der Waals surface area contributed by atoms with Crippen LogP contribution in [0.15, 0.2) is 47.5 Å². The molecule has 6 nitrogen and oxygen atoms in total. The molecule has 3 rings (SSSR count). The minimum absolute atomic E-state index is 0. The molecule has 2 aromatic carbocycles. The quantitative estimate of drug-likeness (QED) is 0.339. The molecule has 7 heteroatoms. The number of halogens is 1. The van der Waals surface area contributed by atoms with Crippen LogP contribution in [0.25, 0.3) is 10.8 Å². The van der Waals surface area contributed by atoms with Crippen LogP contribution in [0.3, 0.4) is 0 Å². The van der Waals surface area contributed by atoms with Crippen molar-refractivity contribution in [2.75, 3.05) is 33.7 Å². The number of amides is 1. The molecule has 28 heavy (non-hydrogen) atoms. The average Bonchev–Trinajstić information content (AvgIpc) is 2.72. The summed E-state index contributed by atoms with van der Waals surface area (Å²) in [5.41, 5.74) is 1.26. The number of nitrogens with zero attached hydrogens (tertiary/aromatic N) is 2. The number of piperidine rings is 1. The molecule has 2 aromatic rings. The van der Waals surface area contributed by atoms with Crippen LogP contribution >= 0.6 is 24.0 Å². The molecule has 0 aromatic heterocycles. The molecule has 0 bridgehead atoms. The number of aliphatic imine (C=N–C) groups is 1. The summed E-state index contributed by atoms with van der Waals surface area (Å²) >= 11 is 0. The van der Waals surface area contributed by atoms with Gasteiger partial charge in [-0.25, -0.2) is 0 Å². The number of fused-ring (bicyclic) bond motifs is 1. The Morgan fingerprint density at radius 3 is 2.57 bits per heavy atom. The number of guanidine groups is 1. The van der Waals surface area contributed by atoms with E-state index >= 15 is 0 Å². The van der Waals surface area contributed by atoms with E-state index in [0.29, 0.717) is 12.6 Å². The first-order valence-corrected chi connectivity index (χ1v) is 9.56. The fraction of sp³-hybridized carbons (Fsp3) is 0.429. The molecule has 152 valence electrons. The average molecular weight is 495 g/mol. The Labute approximate surface area is 184 Å². The SMILES string of the molecule is CN=C(NCc1cccc2ccccc12)NC1CCN(CC(=O)NC)CC1.I. The molecule has 0 atom stereocenters. The zero-order chi connectivity index (χ0) is 19.1. The number of benzene rings is 2. The number of rotatable bonds is 5. The van der Waals surface area contributed by atoms with Crippen LogP contribution in [0.1, 0.15) is 18.4 Å². The maximum Gasteiger partial charge on any atom is 0.233 e. The van der Waals surface area contributed by atoms with Gasteiger partial charge in [0.2, 0.25) is 5.91 Å². The number of likely N-dealkylation sites (tertiary alicyclic amines) is 1. The Hall–Kier alpha value is -1.87. The first-order chi connectivity index (χ1) is 13.2. The van der Waals surface area contributed by atoms with Gasteiger partial charge in [-0.1, -0.05) is 42.5 Å². The highest BCUT2D eigenvalue weighted by Crippen LogP contribution is 2.18. The van der Waals surface area contributed by atoms with Gasteiger partial charge in [-0.05, 0) is 29.2 Å². The van der Waals surface area contributed by atoms with E-state index in [1.807, 2.05) is 0 Å². The zero-order valence-corrected chi connectivity index (χ0v) is 18.9. The summed E-state index contributed by atoms with van der Waals surface area (Å²) in [6, 6.07) is 15.2. The van der Waals surface area contributed by atoms with Crippen LogP contribution in [0, 0.1) is 0 Å². The van der Waals surface area contributed by atoms with E-state index in [9.17, 15) is 4.79 Å². The molecular formula is C21H30IN5O. The number of likely N-dealkylation sites (N-methyl/N-ethyl adjacent to an activating group) is 1. The molecule has 3 N–H and O–H groups in total. The van der Waals surface area contributed by atoms with Crippen molar-refractivity contribution in [3.63, 3.8) is 0 Å². The summed E-state index contributed by atoms with van der Waals surface area (Å²) in [5, 5.41) is 12.2. The van der Waals surface area contributed by atoms with Gasteiger partial charge < -0.3 is 16.0 Å². The molecule has 1 aliphatic heterocycles. The lowest BCUT2D eigenvalue weighted by molar-refractivity contribution is -0.122. The van der Waals surface area contributed by atoms with Crippen molar-refractivity contribution in [2.45, 2.75) is 25.4 Å². The molecule has 1 aliphatic rings. The molecule has 1 fully saturated rings. The summed E-state index contributed by atoms with van der Waals surface area (Å²) in [6.07, 6.45) is 2.01. The van der Waals surface area contributed by atoms with Crippen molar-refractivity contribution in [1.29, 1.82) is 0 Å². The Bertz CT molecular complexity index is 797. The fourth-order valence-electron chi connectivity index (χ4n) is 3.53. The first kappa shape index (κ1) is 22.4. The van der Waals surface area contributed by atoms with Gasteiger partial charge in [-0.15, -0.1) is 24.0 Å². The number of nitrogens with one attached hydrogen (secondary N) is 3. The molecular weight excluding hydrogens is 465 g/mol. The second-order valence-corrected chi connectivity index (χ2v) is 6.93. The summed E-state index contributed by atoms with van der Waals surface area (Å²) in [5.74, 6) is 0.904. The Balaban J connectivity index is 0.00000280. The molecule has 0 unspecified atom stereocenters.